The summed E-state index contributed by atoms with van der Waals surface area (Å²) in [5.41, 5.74) is 2.48. The Balaban J connectivity index is 1.76. The van der Waals surface area contributed by atoms with Gasteiger partial charge >= 0.3 is 0 Å². The summed E-state index contributed by atoms with van der Waals surface area (Å²) < 4.78 is 12.7. The maximum Gasteiger partial charge on any atom is 0.263 e. The molecule has 4 rings (SSSR count). The number of aromatic nitrogens is 1. The van der Waals surface area contributed by atoms with E-state index in [0.29, 0.717) is 23.8 Å². The minimum absolute atomic E-state index is 0.217. The second-order valence-corrected chi connectivity index (χ2v) is 6.12. The van der Waals surface area contributed by atoms with Crippen LogP contribution in [0.2, 0.25) is 0 Å². The highest BCUT2D eigenvalue weighted by Gasteiger charge is 2.32. The Labute approximate surface area is 150 Å². The van der Waals surface area contributed by atoms with Gasteiger partial charge in [-0.3, -0.25) is 9.36 Å². The first-order chi connectivity index (χ1) is 12.6. The zero-order valence-corrected chi connectivity index (χ0v) is 14.5. The van der Waals surface area contributed by atoms with Crippen LogP contribution >= 0.6 is 0 Å². The number of ether oxygens (including phenoxy) is 1. The molecule has 0 N–H and O–H groups in total. The Morgan fingerprint density at radius 2 is 2.08 bits per heavy atom. The smallest absolute Gasteiger partial charge is 0.263 e. The summed E-state index contributed by atoms with van der Waals surface area (Å²) in [6.45, 7) is 2.28. The number of furan rings is 1. The van der Waals surface area contributed by atoms with Gasteiger partial charge in [0.25, 0.3) is 5.91 Å². The van der Waals surface area contributed by atoms with Gasteiger partial charge in [-0.15, -0.1) is 0 Å². The molecule has 3 heterocycles. The number of methoxy groups -OCH3 is 1. The molecule has 0 atom stereocenters. The summed E-state index contributed by atoms with van der Waals surface area (Å²) in [5, 5.41) is 9.66. The maximum absolute atomic E-state index is 13.2. The van der Waals surface area contributed by atoms with Gasteiger partial charge in [0.05, 0.1) is 7.11 Å². The predicted octanol–water partition coefficient (Wildman–Crippen LogP) is 3.46. The van der Waals surface area contributed by atoms with Gasteiger partial charge in [0, 0.05) is 24.6 Å². The normalized spacial score (nSPS) is 12.7. The van der Waals surface area contributed by atoms with Crippen molar-refractivity contribution in [1.82, 2.24) is 4.57 Å². The lowest BCUT2D eigenvalue weighted by molar-refractivity contribution is 0.0987. The number of aryl methyl sites for hydroxylation is 1. The number of carbonyl (C=O) groups excluding carboxylic acids is 1. The summed E-state index contributed by atoms with van der Waals surface area (Å²) in [4.78, 5) is 14.9. The molecule has 6 heteroatoms. The molecule has 0 fully saturated rings. The second-order valence-electron chi connectivity index (χ2n) is 6.12. The lowest BCUT2D eigenvalue weighted by Crippen LogP contribution is -2.29. The Kier molecular flexibility index (Phi) is 3.77. The molecule has 0 saturated heterocycles. The monoisotopic (exact) mass is 347 g/mol. The van der Waals surface area contributed by atoms with E-state index in [-0.39, 0.29) is 11.5 Å². The second kappa shape index (κ2) is 6.12. The number of anilines is 1. The maximum atomic E-state index is 13.2. The van der Waals surface area contributed by atoms with Crippen molar-refractivity contribution in [3.8, 4) is 17.7 Å². The fourth-order valence-electron chi connectivity index (χ4n) is 3.39. The van der Waals surface area contributed by atoms with Crippen LogP contribution in [0.5, 0.6) is 5.75 Å². The molecule has 1 amide bonds. The molecule has 26 heavy (non-hydrogen) atoms. The van der Waals surface area contributed by atoms with Crippen molar-refractivity contribution < 1.29 is 13.9 Å². The van der Waals surface area contributed by atoms with Gasteiger partial charge in [0.2, 0.25) is 5.88 Å². The predicted molar refractivity (Wildman–Crippen MR) is 95.9 cm³/mol. The van der Waals surface area contributed by atoms with Gasteiger partial charge in [-0.2, -0.15) is 5.26 Å². The number of rotatable bonds is 3. The molecule has 2 aromatic heterocycles. The van der Waals surface area contributed by atoms with Crippen LogP contribution in [0.25, 0.3) is 5.88 Å². The van der Waals surface area contributed by atoms with Gasteiger partial charge < -0.3 is 14.1 Å². The molecule has 1 aliphatic rings. The van der Waals surface area contributed by atoms with E-state index in [2.05, 4.69) is 6.07 Å². The van der Waals surface area contributed by atoms with E-state index in [1.807, 2.05) is 30.3 Å². The van der Waals surface area contributed by atoms with Gasteiger partial charge in [-0.1, -0.05) is 0 Å². The summed E-state index contributed by atoms with van der Waals surface area (Å²) in [6.07, 6.45) is 4.32. The molecule has 0 spiro atoms. The van der Waals surface area contributed by atoms with E-state index in [4.69, 9.17) is 9.15 Å². The molecule has 130 valence electrons. The molecule has 0 saturated carbocycles. The first-order valence-corrected chi connectivity index (χ1v) is 8.29. The van der Waals surface area contributed by atoms with Gasteiger partial charge in [-0.25, -0.2) is 0 Å². The fraction of sp³-hybridized carbons (Fsp3) is 0.200. The van der Waals surface area contributed by atoms with Crippen molar-refractivity contribution in [2.45, 2.75) is 13.3 Å². The molecule has 3 aromatic rings. The summed E-state index contributed by atoms with van der Waals surface area (Å²) in [7, 11) is 1.62. The topological polar surface area (TPSA) is 71.4 Å². The molecule has 6 nitrogen and oxygen atoms in total. The van der Waals surface area contributed by atoms with E-state index >= 15 is 0 Å². The van der Waals surface area contributed by atoms with Gasteiger partial charge in [-0.05, 0) is 49.2 Å². The van der Waals surface area contributed by atoms with Gasteiger partial charge in [0.15, 0.2) is 0 Å². The lowest BCUT2D eigenvalue weighted by Gasteiger charge is -2.17. The third kappa shape index (κ3) is 2.37. The quantitative estimate of drug-likeness (QED) is 0.727. The fourth-order valence-corrected chi connectivity index (χ4v) is 3.39. The molecular formula is C20H17N3O3. The summed E-state index contributed by atoms with van der Waals surface area (Å²) >= 11 is 0. The molecular weight excluding hydrogens is 330 g/mol. The van der Waals surface area contributed by atoms with Crippen molar-refractivity contribution in [2.24, 2.45) is 0 Å². The van der Waals surface area contributed by atoms with Crippen molar-refractivity contribution >= 4 is 11.6 Å². The highest BCUT2D eigenvalue weighted by atomic mass is 16.5. The van der Waals surface area contributed by atoms with E-state index in [9.17, 15) is 10.1 Å². The standard InChI is InChI=1S/C20H17N3O3/c1-13-18(16(12-21)20(26-13)22-8-3-4-9-22)19(24)23-10-7-14-11-15(25-2)5-6-17(14)23/h3-6,8-9,11H,7,10H2,1-2H3. The Morgan fingerprint density at radius 1 is 1.31 bits per heavy atom. The van der Waals surface area contributed by atoms with Crippen molar-refractivity contribution in [2.75, 3.05) is 18.6 Å². The first-order valence-electron chi connectivity index (χ1n) is 8.29. The Morgan fingerprint density at radius 3 is 2.77 bits per heavy atom. The summed E-state index contributed by atoms with van der Waals surface area (Å²) in [6, 6.07) is 11.5. The van der Waals surface area contributed by atoms with E-state index in [0.717, 1.165) is 23.4 Å². The largest absolute Gasteiger partial charge is 0.497 e. The number of benzene rings is 1. The van der Waals surface area contributed by atoms with Crippen LogP contribution in [0.3, 0.4) is 0 Å². The number of nitrogens with zero attached hydrogens (tertiary/aromatic N) is 3. The molecule has 0 aliphatic carbocycles. The van der Waals surface area contributed by atoms with Crippen LogP contribution in [0.1, 0.15) is 27.2 Å². The number of nitriles is 1. The van der Waals surface area contributed by atoms with Crippen LogP contribution in [-0.2, 0) is 6.42 Å². The lowest BCUT2D eigenvalue weighted by atomic mass is 10.1. The average molecular weight is 347 g/mol. The summed E-state index contributed by atoms with van der Waals surface area (Å²) in [5.74, 6) is 1.36. The van der Waals surface area contributed by atoms with Gasteiger partial charge in [0.1, 0.15) is 28.7 Å². The molecule has 0 unspecified atom stereocenters. The zero-order chi connectivity index (χ0) is 18.3. The minimum Gasteiger partial charge on any atom is -0.497 e. The van der Waals surface area contributed by atoms with Crippen molar-refractivity contribution in [1.29, 1.82) is 5.26 Å². The molecule has 0 bridgehead atoms. The average Bonchev–Trinajstić information content (AvgIpc) is 3.38. The molecule has 1 aliphatic heterocycles. The first kappa shape index (κ1) is 16.0. The van der Waals surface area contributed by atoms with Crippen LogP contribution in [-0.4, -0.2) is 24.1 Å². The number of hydrogen-bond donors (Lipinski definition) is 0. The van der Waals surface area contributed by atoms with Crippen LogP contribution in [0, 0.1) is 18.3 Å². The van der Waals surface area contributed by atoms with Crippen LogP contribution in [0.15, 0.2) is 47.1 Å². The van der Waals surface area contributed by atoms with E-state index in [1.165, 1.54) is 0 Å². The highest BCUT2D eigenvalue weighted by molar-refractivity contribution is 6.10. The molecule has 1 aromatic carbocycles. The zero-order valence-electron chi connectivity index (χ0n) is 14.5. The third-order valence-electron chi connectivity index (χ3n) is 4.66. The number of hydrogen-bond acceptors (Lipinski definition) is 4. The number of carbonyl (C=O) groups is 1. The number of fused-ring (bicyclic) bond motifs is 1. The minimum atomic E-state index is -0.217. The SMILES string of the molecule is COc1ccc2c(c1)CCN2C(=O)c1c(C)oc(-n2cccc2)c1C#N. The third-order valence-corrected chi connectivity index (χ3v) is 4.66. The number of amides is 1. The van der Waals surface area contributed by atoms with Crippen LogP contribution in [0.4, 0.5) is 5.69 Å². The highest BCUT2D eigenvalue weighted by Crippen LogP contribution is 2.34. The van der Waals surface area contributed by atoms with Crippen molar-refractivity contribution in [3.05, 3.63) is 65.2 Å². The Bertz CT molecular complexity index is 1030. The Hall–Kier alpha value is -3.46. The van der Waals surface area contributed by atoms with Crippen LogP contribution < -0.4 is 9.64 Å². The molecule has 0 radical (unpaired) electrons. The van der Waals surface area contributed by atoms with Crippen molar-refractivity contribution in [3.63, 3.8) is 0 Å². The van der Waals surface area contributed by atoms with E-state index in [1.54, 1.807) is 35.9 Å². The van der Waals surface area contributed by atoms with E-state index < -0.39 is 0 Å².